The molecule has 5 heteroatoms. The molecule has 0 aromatic carbocycles. The first-order valence-corrected chi connectivity index (χ1v) is 4.71. The van der Waals surface area contributed by atoms with E-state index in [2.05, 4.69) is 14.9 Å². The highest BCUT2D eigenvalue weighted by Crippen LogP contribution is 2.07. The van der Waals surface area contributed by atoms with Gasteiger partial charge in [0.15, 0.2) is 5.82 Å². The molecule has 15 heavy (non-hydrogen) atoms. The maximum atomic E-state index is 10.9. The highest BCUT2D eigenvalue weighted by Gasteiger charge is 2.06. The summed E-state index contributed by atoms with van der Waals surface area (Å²) in [4.78, 5) is 12.8. The Balaban J connectivity index is 2.50. The van der Waals surface area contributed by atoms with Crippen molar-refractivity contribution < 1.29 is 9.53 Å². The molecule has 0 saturated heterocycles. The lowest BCUT2D eigenvalue weighted by Gasteiger charge is -2.16. The van der Waals surface area contributed by atoms with Crippen molar-refractivity contribution >= 4 is 11.8 Å². The van der Waals surface area contributed by atoms with Gasteiger partial charge in [-0.3, -0.25) is 4.79 Å². The number of ether oxygens (including phenoxy) is 1. The van der Waals surface area contributed by atoms with E-state index in [-0.39, 0.29) is 5.97 Å². The maximum Gasteiger partial charge on any atom is 0.307 e. The van der Waals surface area contributed by atoms with Crippen LogP contribution in [0.4, 0.5) is 5.82 Å². The largest absolute Gasteiger partial charge is 0.469 e. The van der Waals surface area contributed by atoms with Crippen LogP contribution in [0.1, 0.15) is 12.1 Å². The van der Waals surface area contributed by atoms with Gasteiger partial charge in [-0.25, -0.2) is 0 Å². The molecule has 0 bridgehead atoms. The molecule has 0 atom stereocenters. The number of carbonyl (C=O) groups excluding carboxylic acids is 1. The smallest absolute Gasteiger partial charge is 0.307 e. The van der Waals surface area contributed by atoms with E-state index in [4.69, 9.17) is 0 Å². The van der Waals surface area contributed by atoms with Crippen LogP contribution in [0.2, 0.25) is 0 Å². The van der Waals surface area contributed by atoms with Crippen LogP contribution in [0.5, 0.6) is 0 Å². The fourth-order valence-electron chi connectivity index (χ4n) is 1.07. The molecular formula is C10H15N3O2. The van der Waals surface area contributed by atoms with E-state index >= 15 is 0 Å². The molecule has 0 aliphatic carbocycles. The number of rotatable bonds is 4. The Kier molecular flexibility index (Phi) is 4.03. The third-order valence-corrected chi connectivity index (χ3v) is 2.05. The van der Waals surface area contributed by atoms with Gasteiger partial charge >= 0.3 is 5.97 Å². The maximum absolute atomic E-state index is 10.9. The number of methoxy groups -OCH3 is 1. The molecule has 1 heterocycles. The average molecular weight is 209 g/mol. The summed E-state index contributed by atoms with van der Waals surface area (Å²) in [6, 6.07) is 3.76. The highest BCUT2D eigenvalue weighted by atomic mass is 16.5. The van der Waals surface area contributed by atoms with Crippen LogP contribution in [0, 0.1) is 6.92 Å². The summed E-state index contributed by atoms with van der Waals surface area (Å²) in [5.41, 5.74) is 0.875. The standard InChI is InChI=1S/C10H15N3O2/c1-8-4-5-9(12-11-8)13(2)7-6-10(14)15-3/h4-5H,6-7H2,1-3H3. The van der Waals surface area contributed by atoms with E-state index in [0.29, 0.717) is 13.0 Å². The average Bonchev–Trinajstić information content (AvgIpc) is 2.26. The van der Waals surface area contributed by atoms with Crippen LogP contribution in [-0.4, -0.2) is 36.9 Å². The van der Waals surface area contributed by atoms with Crippen molar-refractivity contribution in [2.75, 3.05) is 25.6 Å². The summed E-state index contributed by atoms with van der Waals surface area (Å²) in [5.74, 6) is 0.534. The minimum atomic E-state index is -0.220. The molecule has 0 spiro atoms. The Hall–Kier alpha value is -1.65. The summed E-state index contributed by atoms with van der Waals surface area (Å²) in [6.45, 7) is 2.45. The molecular weight excluding hydrogens is 194 g/mol. The summed E-state index contributed by atoms with van der Waals surface area (Å²) in [7, 11) is 3.25. The van der Waals surface area contributed by atoms with Gasteiger partial charge in [0.2, 0.25) is 0 Å². The number of hydrogen-bond donors (Lipinski definition) is 0. The first kappa shape index (κ1) is 11.4. The number of esters is 1. The van der Waals surface area contributed by atoms with E-state index in [1.165, 1.54) is 7.11 Å². The fourth-order valence-corrected chi connectivity index (χ4v) is 1.07. The van der Waals surface area contributed by atoms with Crippen LogP contribution >= 0.6 is 0 Å². The van der Waals surface area contributed by atoms with Crippen molar-refractivity contribution in [3.05, 3.63) is 17.8 Å². The summed E-state index contributed by atoms with van der Waals surface area (Å²) in [6.07, 6.45) is 0.350. The SMILES string of the molecule is COC(=O)CCN(C)c1ccc(C)nn1. The lowest BCUT2D eigenvalue weighted by molar-refractivity contribution is -0.140. The molecule has 0 saturated carbocycles. The Bertz CT molecular complexity index is 324. The van der Waals surface area contributed by atoms with Gasteiger partial charge < -0.3 is 9.64 Å². The molecule has 0 aliphatic rings. The number of nitrogens with zero attached hydrogens (tertiary/aromatic N) is 3. The Labute approximate surface area is 89.1 Å². The van der Waals surface area contributed by atoms with Crippen molar-refractivity contribution in [1.82, 2.24) is 10.2 Å². The van der Waals surface area contributed by atoms with Crippen molar-refractivity contribution in [3.63, 3.8) is 0 Å². The van der Waals surface area contributed by atoms with Crippen molar-refractivity contribution in [1.29, 1.82) is 0 Å². The number of carbonyl (C=O) groups is 1. The molecule has 0 radical (unpaired) electrons. The topological polar surface area (TPSA) is 55.3 Å². The number of aryl methyl sites for hydroxylation is 1. The van der Waals surface area contributed by atoms with Gasteiger partial charge in [0.25, 0.3) is 0 Å². The molecule has 0 amide bonds. The third kappa shape index (κ3) is 3.53. The first-order chi connectivity index (χ1) is 7.13. The van der Waals surface area contributed by atoms with Gasteiger partial charge in [0.1, 0.15) is 0 Å². The van der Waals surface area contributed by atoms with Crippen LogP contribution in [0.3, 0.4) is 0 Å². The second-order valence-electron chi connectivity index (χ2n) is 3.28. The van der Waals surface area contributed by atoms with Gasteiger partial charge in [-0.1, -0.05) is 0 Å². The van der Waals surface area contributed by atoms with Crippen LogP contribution < -0.4 is 4.90 Å². The summed E-state index contributed by atoms with van der Waals surface area (Å²) in [5, 5.41) is 7.95. The zero-order valence-electron chi connectivity index (χ0n) is 9.23. The van der Waals surface area contributed by atoms with E-state index < -0.39 is 0 Å². The molecule has 0 N–H and O–H groups in total. The molecule has 1 rings (SSSR count). The zero-order valence-corrected chi connectivity index (χ0v) is 9.23. The van der Waals surface area contributed by atoms with E-state index in [9.17, 15) is 4.79 Å². The van der Waals surface area contributed by atoms with Crippen LogP contribution in [-0.2, 0) is 9.53 Å². The molecule has 5 nitrogen and oxygen atoms in total. The summed E-state index contributed by atoms with van der Waals surface area (Å²) >= 11 is 0. The molecule has 0 aliphatic heterocycles. The van der Waals surface area contributed by atoms with Crippen LogP contribution in [0.25, 0.3) is 0 Å². The van der Waals surface area contributed by atoms with Gasteiger partial charge in [0, 0.05) is 13.6 Å². The summed E-state index contributed by atoms with van der Waals surface area (Å²) < 4.78 is 4.55. The molecule has 0 fully saturated rings. The van der Waals surface area contributed by atoms with Gasteiger partial charge in [-0.2, -0.15) is 5.10 Å². The van der Waals surface area contributed by atoms with Gasteiger partial charge in [-0.05, 0) is 19.1 Å². The number of aromatic nitrogens is 2. The van der Waals surface area contributed by atoms with E-state index in [0.717, 1.165) is 11.5 Å². The fraction of sp³-hybridized carbons (Fsp3) is 0.500. The first-order valence-electron chi connectivity index (χ1n) is 4.71. The predicted molar refractivity (Wildman–Crippen MR) is 56.7 cm³/mol. The van der Waals surface area contributed by atoms with Crippen molar-refractivity contribution in [3.8, 4) is 0 Å². The third-order valence-electron chi connectivity index (χ3n) is 2.05. The quantitative estimate of drug-likeness (QED) is 0.686. The Morgan fingerprint density at radius 1 is 1.47 bits per heavy atom. The Morgan fingerprint density at radius 2 is 2.20 bits per heavy atom. The van der Waals surface area contributed by atoms with Gasteiger partial charge in [-0.15, -0.1) is 5.10 Å². The lowest BCUT2D eigenvalue weighted by atomic mass is 10.3. The zero-order chi connectivity index (χ0) is 11.3. The van der Waals surface area contributed by atoms with Crippen molar-refractivity contribution in [2.45, 2.75) is 13.3 Å². The molecule has 1 aromatic rings. The minimum Gasteiger partial charge on any atom is -0.469 e. The second kappa shape index (κ2) is 5.29. The number of hydrogen-bond acceptors (Lipinski definition) is 5. The predicted octanol–water partition coefficient (Wildman–Crippen LogP) is 0.784. The lowest BCUT2D eigenvalue weighted by Crippen LogP contribution is -2.22. The Morgan fingerprint density at radius 3 is 2.73 bits per heavy atom. The van der Waals surface area contributed by atoms with Gasteiger partial charge in [0.05, 0.1) is 19.2 Å². The molecule has 82 valence electrons. The van der Waals surface area contributed by atoms with Crippen molar-refractivity contribution in [2.24, 2.45) is 0 Å². The second-order valence-corrected chi connectivity index (χ2v) is 3.28. The minimum absolute atomic E-state index is 0.220. The van der Waals surface area contributed by atoms with Crippen LogP contribution in [0.15, 0.2) is 12.1 Å². The monoisotopic (exact) mass is 209 g/mol. The van der Waals surface area contributed by atoms with E-state index in [1.54, 1.807) is 0 Å². The molecule has 1 aromatic heterocycles. The normalized spacial score (nSPS) is 9.80. The highest BCUT2D eigenvalue weighted by molar-refractivity contribution is 5.69. The molecule has 0 unspecified atom stereocenters. The number of anilines is 1. The van der Waals surface area contributed by atoms with E-state index in [1.807, 2.05) is 31.0 Å².